The molecule has 0 heterocycles. The molecule has 0 aliphatic heterocycles. The Hall–Kier alpha value is -0.800. The SMILES string of the molecule is CN(C)/C=C/C(=O)c1cc(Cl)ccc1Br. The second-order valence-corrected chi connectivity index (χ2v) is 4.56. The van der Waals surface area contributed by atoms with Crippen molar-refractivity contribution in [1.82, 2.24) is 4.90 Å². The van der Waals surface area contributed by atoms with Crippen molar-refractivity contribution < 1.29 is 4.79 Å². The second-order valence-electron chi connectivity index (χ2n) is 3.27. The van der Waals surface area contributed by atoms with E-state index in [1.165, 1.54) is 6.08 Å². The van der Waals surface area contributed by atoms with Crippen molar-refractivity contribution in [3.8, 4) is 0 Å². The van der Waals surface area contributed by atoms with Crippen molar-refractivity contribution in [2.75, 3.05) is 14.1 Å². The van der Waals surface area contributed by atoms with Crippen LogP contribution < -0.4 is 0 Å². The van der Waals surface area contributed by atoms with E-state index >= 15 is 0 Å². The summed E-state index contributed by atoms with van der Waals surface area (Å²) in [5.74, 6) is -0.0712. The fourth-order valence-corrected chi connectivity index (χ4v) is 1.61. The minimum absolute atomic E-state index is 0.0712. The molecule has 80 valence electrons. The maximum atomic E-state index is 11.7. The third-order valence-electron chi connectivity index (χ3n) is 1.72. The first kappa shape index (κ1) is 12.3. The number of carbonyl (C=O) groups excluding carboxylic acids is 1. The van der Waals surface area contributed by atoms with E-state index < -0.39 is 0 Å². The highest BCUT2D eigenvalue weighted by Gasteiger charge is 2.07. The number of rotatable bonds is 3. The van der Waals surface area contributed by atoms with Gasteiger partial charge in [-0.3, -0.25) is 4.79 Å². The molecule has 0 unspecified atom stereocenters. The standard InChI is InChI=1S/C11H11BrClNO/c1-14(2)6-5-11(15)9-7-8(13)3-4-10(9)12/h3-7H,1-2H3/b6-5+. The first-order chi connectivity index (χ1) is 7.00. The molecule has 0 aliphatic rings. The molecular formula is C11H11BrClNO. The van der Waals surface area contributed by atoms with Crippen LogP contribution in [0.4, 0.5) is 0 Å². The van der Waals surface area contributed by atoms with Gasteiger partial charge in [0.1, 0.15) is 0 Å². The molecule has 0 N–H and O–H groups in total. The van der Waals surface area contributed by atoms with E-state index in [4.69, 9.17) is 11.6 Å². The third kappa shape index (κ3) is 3.68. The largest absolute Gasteiger partial charge is 0.383 e. The van der Waals surface area contributed by atoms with Gasteiger partial charge in [-0.1, -0.05) is 27.5 Å². The zero-order valence-electron chi connectivity index (χ0n) is 8.50. The van der Waals surface area contributed by atoms with Crippen molar-refractivity contribution in [2.45, 2.75) is 0 Å². The molecule has 0 fully saturated rings. The van der Waals surface area contributed by atoms with E-state index in [0.29, 0.717) is 10.6 Å². The highest BCUT2D eigenvalue weighted by atomic mass is 79.9. The van der Waals surface area contributed by atoms with Crippen LogP contribution in [-0.4, -0.2) is 24.8 Å². The summed E-state index contributed by atoms with van der Waals surface area (Å²) in [4.78, 5) is 13.5. The summed E-state index contributed by atoms with van der Waals surface area (Å²) in [6.07, 6.45) is 3.21. The van der Waals surface area contributed by atoms with Crippen LogP contribution in [-0.2, 0) is 0 Å². The van der Waals surface area contributed by atoms with Gasteiger partial charge in [0, 0.05) is 41.4 Å². The molecule has 0 amide bonds. The molecule has 0 saturated carbocycles. The Morgan fingerprint density at radius 3 is 2.73 bits per heavy atom. The van der Waals surface area contributed by atoms with E-state index in [2.05, 4.69) is 15.9 Å². The maximum Gasteiger partial charge on any atom is 0.188 e. The summed E-state index contributed by atoms with van der Waals surface area (Å²) in [6, 6.07) is 5.14. The number of allylic oxidation sites excluding steroid dienone is 1. The molecule has 0 aliphatic carbocycles. The highest BCUT2D eigenvalue weighted by Crippen LogP contribution is 2.21. The number of hydrogen-bond acceptors (Lipinski definition) is 2. The lowest BCUT2D eigenvalue weighted by Gasteiger charge is -2.04. The van der Waals surface area contributed by atoms with Crippen molar-refractivity contribution in [3.05, 3.63) is 45.5 Å². The van der Waals surface area contributed by atoms with Gasteiger partial charge in [0.15, 0.2) is 5.78 Å². The molecule has 0 radical (unpaired) electrons. The van der Waals surface area contributed by atoms with E-state index in [1.807, 2.05) is 14.1 Å². The van der Waals surface area contributed by atoms with Gasteiger partial charge < -0.3 is 4.90 Å². The van der Waals surface area contributed by atoms with E-state index in [-0.39, 0.29) is 5.78 Å². The quantitative estimate of drug-likeness (QED) is 0.628. The molecule has 1 aromatic carbocycles. The Labute approximate surface area is 103 Å². The van der Waals surface area contributed by atoms with Gasteiger partial charge in [-0.2, -0.15) is 0 Å². The molecule has 1 aromatic rings. The van der Waals surface area contributed by atoms with Crippen molar-refractivity contribution in [3.63, 3.8) is 0 Å². The zero-order valence-corrected chi connectivity index (χ0v) is 10.8. The van der Waals surface area contributed by atoms with Gasteiger partial charge in [-0.15, -0.1) is 0 Å². The fraction of sp³-hybridized carbons (Fsp3) is 0.182. The van der Waals surface area contributed by atoms with Crippen LogP contribution >= 0.6 is 27.5 Å². The Morgan fingerprint density at radius 2 is 2.13 bits per heavy atom. The normalized spacial score (nSPS) is 10.7. The molecule has 2 nitrogen and oxygen atoms in total. The highest BCUT2D eigenvalue weighted by molar-refractivity contribution is 9.10. The molecule has 0 bridgehead atoms. The molecule has 15 heavy (non-hydrogen) atoms. The first-order valence-corrected chi connectivity index (χ1v) is 5.52. The van der Waals surface area contributed by atoms with E-state index in [0.717, 1.165) is 4.47 Å². The molecule has 0 spiro atoms. The number of carbonyl (C=O) groups is 1. The topological polar surface area (TPSA) is 20.3 Å². The number of hydrogen-bond donors (Lipinski definition) is 0. The number of nitrogens with zero attached hydrogens (tertiary/aromatic N) is 1. The Bertz CT molecular complexity index is 402. The van der Waals surface area contributed by atoms with Crippen LogP contribution in [0.1, 0.15) is 10.4 Å². The van der Waals surface area contributed by atoms with Gasteiger partial charge >= 0.3 is 0 Å². The molecule has 0 atom stereocenters. The van der Waals surface area contributed by atoms with Gasteiger partial charge in [0.2, 0.25) is 0 Å². The molecular weight excluding hydrogens is 277 g/mol. The number of halogens is 2. The lowest BCUT2D eigenvalue weighted by atomic mass is 10.1. The van der Waals surface area contributed by atoms with E-state index in [9.17, 15) is 4.79 Å². The summed E-state index contributed by atoms with van der Waals surface area (Å²) >= 11 is 9.13. The fourth-order valence-electron chi connectivity index (χ4n) is 0.993. The molecule has 1 rings (SSSR count). The molecule has 4 heteroatoms. The summed E-state index contributed by atoms with van der Waals surface area (Å²) in [6.45, 7) is 0. The number of benzene rings is 1. The minimum atomic E-state index is -0.0712. The van der Waals surface area contributed by atoms with Gasteiger partial charge in [-0.05, 0) is 18.2 Å². The second kappa shape index (κ2) is 5.33. The average Bonchev–Trinajstić information content (AvgIpc) is 2.18. The molecule has 0 aromatic heterocycles. The Balaban J connectivity index is 2.96. The van der Waals surface area contributed by atoms with Crippen LogP contribution in [0, 0.1) is 0 Å². The van der Waals surface area contributed by atoms with Gasteiger partial charge in [0.25, 0.3) is 0 Å². The lowest BCUT2D eigenvalue weighted by molar-refractivity contribution is 0.104. The van der Waals surface area contributed by atoms with Crippen molar-refractivity contribution in [2.24, 2.45) is 0 Å². The summed E-state index contributed by atoms with van der Waals surface area (Å²) in [7, 11) is 3.72. The first-order valence-electron chi connectivity index (χ1n) is 4.34. The van der Waals surface area contributed by atoms with Crippen molar-refractivity contribution in [1.29, 1.82) is 0 Å². The predicted molar refractivity (Wildman–Crippen MR) is 66.3 cm³/mol. The Kier molecular flexibility index (Phi) is 4.36. The Morgan fingerprint density at radius 1 is 1.47 bits per heavy atom. The smallest absolute Gasteiger partial charge is 0.188 e. The average molecular weight is 289 g/mol. The summed E-state index contributed by atoms with van der Waals surface area (Å²) in [5, 5.41) is 0.555. The predicted octanol–water partition coefficient (Wildman–Crippen LogP) is 3.36. The van der Waals surface area contributed by atoms with Crippen LogP contribution in [0.2, 0.25) is 5.02 Å². The number of ketones is 1. The van der Waals surface area contributed by atoms with Crippen LogP contribution in [0.25, 0.3) is 0 Å². The zero-order chi connectivity index (χ0) is 11.4. The monoisotopic (exact) mass is 287 g/mol. The maximum absolute atomic E-state index is 11.7. The minimum Gasteiger partial charge on any atom is -0.383 e. The van der Waals surface area contributed by atoms with Gasteiger partial charge in [0.05, 0.1) is 0 Å². The summed E-state index contributed by atoms with van der Waals surface area (Å²) < 4.78 is 0.750. The van der Waals surface area contributed by atoms with Crippen LogP contribution in [0.15, 0.2) is 34.9 Å². The van der Waals surface area contributed by atoms with Crippen LogP contribution in [0.3, 0.4) is 0 Å². The van der Waals surface area contributed by atoms with E-state index in [1.54, 1.807) is 29.3 Å². The molecule has 0 saturated heterocycles. The van der Waals surface area contributed by atoms with Crippen molar-refractivity contribution >= 4 is 33.3 Å². The van der Waals surface area contributed by atoms with Crippen LogP contribution in [0.5, 0.6) is 0 Å². The lowest BCUT2D eigenvalue weighted by Crippen LogP contribution is -2.03. The third-order valence-corrected chi connectivity index (χ3v) is 2.64. The van der Waals surface area contributed by atoms with Gasteiger partial charge in [-0.25, -0.2) is 0 Å². The summed E-state index contributed by atoms with van der Waals surface area (Å²) in [5.41, 5.74) is 0.570.